The zero-order valence-corrected chi connectivity index (χ0v) is 10.1. The van der Waals surface area contributed by atoms with Crippen LogP contribution in [0.4, 0.5) is 0 Å². The number of rotatable bonds is 3. The number of ether oxygens (including phenoxy) is 1. The molecule has 1 heterocycles. The summed E-state index contributed by atoms with van der Waals surface area (Å²) in [5, 5.41) is 13.1. The lowest BCUT2D eigenvalue weighted by Gasteiger charge is -2.41. The highest BCUT2D eigenvalue weighted by molar-refractivity contribution is 9.10. The lowest BCUT2D eigenvalue weighted by atomic mass is 9.71. The highest BCUT2D eigenvalue weighted by atomic mass is 79.9. The van der Waals surface area contributed by atoms with Gasteiger partial charge in [0.2, 0.25) is 0 Å². The smallest absolute Gasteiger partial charge is 0.154 e. The molecule has 0 atom stereocenters. The van der Waals surface area contributed by atoms with Crippen LogP contribution in [0.5, 0.6) is 0 Å². The van der Waals surface area contributed by atoms with Gasteiger partial charge in [-0.2, -0.15) is 10.4 Å². The van der Waals surface area contributed by atoms with Crippen molar-refractivity contribution in [3.05, 3.63) is 16.9 Å². The third-order valence-corrected chi connectivity index (χ3v) is 3.29. The maximum absolute atomic E-state index is 8.92. The first-order chi connectivity index (χ1) is 7.17. The molecule has 0 N–H and O–H groups in total. The Hall–Kier alpha value is -0.860. The van der Waals surface area contributed by atoms with E-state index < -0.39 is 5.60 Å². The first kappa shape index (κ1) is 10.7. The molecule has 1 fully saturated rings. The minimum absolute atomic E-state index is 0.497. The first-order valence-corrected chi connectivity index (χ1v) is 5.61. The lowest BCUT2D eigenvalue weighted by molar-refractivity contribution is -0.0650. The van der Waals surface area contributed by atoms with Crippen molar-refractivity contribution in [3.8, 4) is 6.07 Å². The summed E-state index contributed by atoms with van der Waals surface area (Å²) in [7, 11) is 1.60. The first-order valence-electron chi connectivity index (χ1n) is 4.82. The van der Waals surface area contributed by atoms with Crippen LogP contribution in [0.3, 0.4) is 0 Å². The molecule has 0 spiro atoms. The molecule has 1 aromatic heterocycles. The summed E-state index contributed by atoms with van der Waals surface area (Å²) in [4.78, 5) is 0. The second-order valence-electron chi connectivity index (χ2n) is 3.97. The van der Waals surface area contributed by atoms with E-state index in [-0.39, 0.29) is 0 Å². The molecule has 1 aliphatic carbocycles. The molecular weight excluding hydrogens is 258 g/mol. The van der Waals surface area contributed by atoms with Crippen LogP contribution in [0.25, 0.3) is 0 Å². The molecule has 4 nitrogen and oxygen atoms in total. The molecule has 1 aromatic rings. The molecule has 0 aromatic carbocycles. The summed E-state index contributed by atoms with van der Waals surface area (Å²) in [6.07, 6.45) is 5.32. The quantitative estimate of drug-likeness (QED) is 0.843. The summed E-state index contributed by atoms with van der Waals surface area (Å²) in [6.45, 7) is 0.860. The van der Waals surface area contributed by atoms with Gasteiger partial charge in [-0.05, 0) is 34.7 Å². The van der Waals surface area contributed by atoms with Crippen molar-refractivity contribution in [2.24, 2.45) is 5.92 Å². The Kier molecular flexibility index (Phi) is 2.81. The van der Waals surface area contributed by atoms with E-state index in [0.29, 0.717) is 5.92 Å². The second kappa shape index (κ2) is 3.95. The molecule has 1 saturated carbocycles. The van der Waals surface area contributed by atoms with E-state index in [1.807, 2.05) is 10.9 Å². The van der Waals surface area contributed by atoms with Crippen LogP contribution in [0, 0.1) is 17.2 Å². The Morgan fingerprint density at radius 2 is 2.53 bits per heavy atom. The van der Waals surface area contributed by atoms with Gasteiger partial charge in [0.15, 0.2) is 5.60 Å². The molecular formula is C10H12BrN3O. The van der Waals surface area contributed by atoms with Crippen LogP contribution in [0.1, 0.15) is 12.8 Å². The van der Waals surface area contributed by atoms with E-state index >= 15 is 0 Å². The molecule has 15 heavy (non-hydrogen) atoms. The fourth-order valence-corrected chi connectivity index (χ4v) is 2.34. The van der Waals surface area contributed by atoms with Crippen molar-refractivity contribution in [1.82, 2.24) is 9.78 Å². The Balaban J connectivity index is 1.89. The van der Waals surface area contributed by atoms with E-state index in [2.05, 4.69) is 27.1 Å². The van der Waals surface area contributed by atoms with Crippen molar-refractivity contribution in [3.63, 3.8) is 0 Å². The van der Waals surface area contributed by atoms with Gasteiger partial charge in [-0.25, -0.2) is 0 Å². The Morgan fingerprint density at radius 3 is 3.00 bits per heavy atom. The minimum atomic E-state index is -0.533. The van der Waals surface area contributed by atoms with Gasteiger partial charge >= 0.3 is 0 Å². The number of hydrogen-bond acceptors (Lipinski definition) is 3. The van der Waals surface area contributed by atoms with Crippen molar-refractivity contribution >= 4 is 15.9 Å². The lowest BCUT2D eigenvalue weighted by Crippen LogP contribution is -2.45. The van der Waals surface area contributed by atoms with Crippen LogP contribution in [0.15, 0.2) is 16.9 Å². The van der Waals surface area contributed by atoms with Crippen molar-refractivity contribution in [1.29, 1.82) is 5.26 Å². The van der Waals surface area contributed by atoms with Gasteiger partial charge in [0.05, 0.1) is 16.7 Å². The molecule has 5 heteroatoms. The SMILES string of the molecule is COC1(C#N)CC(Cn2cc(Br)cn2)C1. The van der Waals surface area contributed by atoms with Gasteiger partial charge in [-0.3, -0.25) is 4.68 Å². The maximum Gasteiger partial charge on any atom is 0.154 e. The molecule has 2 rings (SSSR count). The van der Waals surface area contributed by atoms with Gasteiger partial charge in [-0.15, -0.1) is 0 Å². The standard InChI is InChI=1S/C10H12BrN3O/c1-15-10(7-12)2-8(3-10)5-14-6-9(11)4-13-14/h4,6,8H,2-3,5H2,1H3. The van der Waals surface area contributed by atoms with Crippen molar-refractivity contribution < 1.29 is 4.74 Å². The van der Waals surface area contributed by atoms with Crippen LogP contribution in [-0.2, 0) is 11.3 Å². The van der Waals surface area contributed by atoms with Gasteiger partial charge in [0.25, 0.3) is 0 Å². The molecule has 80 valence electrons. The Morgan fingerprint density at radius 1 is 1.80 bits per heavy atom. The molecule has 0 aliphatic heterocycles. The fraction of sp³-hybridized carbons (Fsp3) is 0.600. The minimum Gasteiger partial charge on any atom is -0.363 e. The molecule has 0 radical (unpaired) electrons. The van der Waals surface area contributed by atoms with E-state index in [1.54, 1.807) is 13.3 Å². The van der Waals surface area contributed by atoms with Gasteiger partial charge in [0, 0.05) is 19.9 Å². The number of halogens is 1. The predicted molar refractivity (Wildman–Crippen MR) is 58.0 cm³/mol. The van der Waals surface area contributed by atoms with Crippen LogP contribution < -0.4 is 0 Å². The van der Waals surface area contributed by atoms with Crippen LogP contribution in [0.2, 0.25) is 0 Å². The zero-order chi connectivity index (χ0) is 10.9. The largest absolute Gasteiger partial charge is 0.363 e. The number of nitriles is 1. The number of methoxy groups -OCH3 is 1. The van der Waals surface area contributed by atoms with Crippen LogP contribution in [-0.4, -0.2) is 22.5 Å². The third kappa shape index (κ3) is 2.06. The number of nitrogens with zero attached hydrogens (tertiary/aromatic N) is 3. The topological polar surface area (TPSA) is 50.8 Å². The normalized spacial score (nSPS) is 29.5. The van der Waals surface area contributed by atoms with E-state index in [0.717, 1.165) is 23.9 Å². The van der Waals surface area contributed by atoms with Crippen LogP contribution >= 0.6 is 15.9 Å². The molecule has 0 amide bonds. The third-order valence-electron chi connectivity index (χ3n) is 2.88. The summed E-state index contributed by atoms with van der Waals surface area (Å²) >= 11 is 3.35. The average Bonchev–Trinajstić information content (AvgIpc) is 2.57. The summed E-state index contributed by atoms with van der Waals surface area (Å²) in [6, 6.07) is 2.22. The molecule has 0 saturated heterocycles. The molecule has 0 bridgehead atoms. The fourth-order valence-electron chi connectivity index (χ4n) is 2.01. The molecule has 0 unspecified atom stereocenters. The average molecular weight is 270 g/mol. The zero-order valence-electron chi connectivity index (χ0n) is 8.48. The van der Waals surface area contributed by atoms with E-state index in [4.69, 9.17) is 10.00 Å². The van der Waals surface area contributed by atoms with E-state index in [1.165, 1.54) is 0 Å². The number of hydrogen-bond donors (Lipinski definition) is 0. The van der Waals surface area contributed by atoms with Gasteiger partial charge < -0.3 is 4.74 Å². The monoisotopic (exact) mass is 269 g/mol. The van der Waals surface area contributed by atoms with Gasteiger partial charge in [0.1, 0.15) is 0 Å². The summed E-state index contributed by atoms with van der Waals surface area (Å²) in [5.41, 5.74) is -0.533. The highest BCUT2D eigenvalue weighted by Gasteiger charge is 2.45. The number of aromatic nitrogens is 2. The summed E-state index contributed by atoms with van der Waals surface area (Å²) < 4.78 is 8.08. The van der Waals surface area contributed by atoms with Crippen molar-refractivity contribution in [2.45, 2.75) is 25.0 Å². The highest BCUT2D eigenvalue weighted by Crippen LogP contribution is 2.40. The second-order valence-corrected chi connectivity index (χ2v) is 4.88. The predicted octanol–water partition coefficient (Wildman–Crippen LogP) is 1.96. The Labute approximate surface area is 97.0 Å². The Bertz CT molecular complexity index is 390. The van der Waals surface area contributed by atoms with Gasteiger partial charge in [-0.1, -0.05) is 0 Å². The summed E-state index contributed by atoms with van der Waals surface area (Å²) in [5.74, 6) is 0.497. The maximum atomic E-state index is 8.92. The molecule has 1 aliphatic rings. The van der Waals surface area contributed by atoms with Crippen molar-refractivity contribution in [2.75, 3.05) is 7.11 Å². The van der Waals surface area contributed by atoms with E-state index in [9.17, 15) is 0 Å².